The number of benzene rings is 2. The quantitative estimate of drug-likeness (QED) is 0.869. The number of rotatable bonds is 4. The zero-order chi connectivity index (χ0) is 18.7. The maximum atomic E-state index is 13.1. The number of carbonyl (C=O) groups excluding carboxylic acids is 2. The first-order valence-corrected chi connectivity index (χ1v) is 7.46. The second kappa shape index (κ2) is 6.65. The van der Waals surface area contributed by atoms with E-state index in [0.29, 0.717) is 12.0 Å². The lowest BCUT2D eigenvalue weighted by Gasteiger charge is -2.23. The number of ether oxygens (including phenoxy) is 1. The van der Waals surface area contributed by atoms with Gasteiger partial charge in [-0.05, 0) is 24.4 Å². The fourth-order valence-corrected chi connectivity index (χ4v) is 2.69. The second-order valence-corrected chi connectivity index (χ2v) is 5.47. The van der Waals surface area contributed by atoms with Crippen LogP contribution in [0.1, 0.15) is 28.0 Å². The Labute approximate surface area is 139 Å². The van der Waals surface area contributed by atoms with Crippen LogP contribution in [0.5, 0.6) is 0 Å². The molecule has 23 heavy (non-hydrogen) atoms. The van der Waals surface area contributed by atoms with Crippen molar-refractivity contribution in [2.75, 3.05) is 6.61 Å². The number of hydrogen-bond acceptors (Lipinski definition) is 3. The summed E-state index contributed by atoms with van der Waals surface area (Å²) in [5.74, 6) is -2.16. The molecule has 2 aromatic carbocycles. The number of cyclic esters (lactones) is 1. The predicted molar refractivity (Wildman–Crippen MR) is 87.0 cm³/mol. The summed E-state index contributed by atoms with van der Waals surface area (Å²) in [6, 6.07) is 17.1. The van der Waals surface area contributed by atoms with Gasteiger partial charge in [-0.1, -0.05) is 60.7 Å². The molecule has 1 saturated heterocycles. The number of carbonyl (C=O) groups is 2. The molecule has 0 radical (unpaired) electrons. The fraction of sp³-hybridized carbons (Fsp3) is 0.263. The first-order chi connectivity index (χ1) is 12.4. The minimum atomic E-state index is -2.57. The summed E-state index contributed by atoms with van der Waals surface area (Å²) in [6.07, 6.45) is -0.373. The summed E-state index contributed by atoms with van der Waals surface area (Å²) in [4.78, 5) is 26.2. The molecule has 2 aromatic rings. The molecule has 0 aromatic heterocycles. The van der Waals surface area contributed by atoms with Gasteiger partial charge in [0.25, 0.3) is 0 Å². The number of amides is 2. The third-order valence-electron chi connectivity index (χ3n) is 3.89. The highest BCUT2D eigenvalue weighted by Gasteiger charge is 2.39. The van der Waals surface area contributed by atoms with Crippen LogP contribution in [0.25, 0.3) is 0 Å². The van der Waals surface area contributed by atoms with Gasteiger partial charge in [-0.25, -0.2) is 9.69 Å². The van der Waals surface area contributed by atoms with Crippen molar-refractivity contribution in [3.63, 3.8) is 0 Å². The van der Waals surface area contributed by atoms with E-state index in [-0.39, 0.29) is 6.61 Å². The number of imide groups is 1. The molecule has 4 nitrogen and oxygen atoms in total. The molecule has 0 unspecified atom stereocenters. The monoisotopic (exact) mass is 312 g/mol. The van der Waals surface area contributed by atoms with Gasteiger partial charge in [0.05, 0.1) is 12.0 Å². The highest BCUT2D eigenvalue weighted by atomic mass is 16.6. The van der Waals surface area contributed by atoms with Crippen molar-refractivity contribution >= 4 is 12.0 Å². The average molecular weight is 312 g/mol. The van der Waals surface area contributed by atoms with E-state index < -0.39 is 30.8 Å². The first kappa shape index (κ1) is 11.9. The summed E-state index contributed by atoms with van der Waals surface area (Å²) in [6.45, 7) is -2.51. The third-order valence-corrected chi connectivity index (χ3v) is 3.89. The summed E-state index contributed by atoms with van der Waals surface area (Å²) in [5, 5.41) is 0. The van der Waals surface area contributed by atoms with Gasteiger partial charge in [-0.15, -0.1) is 0 Å². The molecular weight excluding hydrogens is 290 g/mol. The Morgan fingerprint density at radius 2 is 1.87 bits per heavy atom. The standard InChI is InChI=1S/C19H19NO3/c1-14(16-10-6-3-7-11-16)18(21)20-17(13-23-19(20)22)12-15-8-4-2-5-9-15/h2-11,14,17H,12-13H2,1H3/t14-,17-/m1/s1/i1D3. The summed E-state index contributed by atoms with van der Waals surface area (Å²) in [7, 11) is 0. The van der Waals surface area contributed by atoms with Crippen LogP contribution in [-0.4, -0.2) is 29.5 Å². The molecule has 0 bridgehead atoms. The van der Waals surface area contributed by atoms with E-state index in [4.69, 9.17) is 8.85 Å². The average Bonchev–Trinajstić information content (AvgIpc) is 2.96. The van der Waals surface area contributed by atoms with Gasteiger partial charge in [0, 0.05) is 4.11 Å². The van der Waals surface area contributed by atoms with Gasteiger partial charge >= 0.3 is 6.09 Å². The van der Waals surface area contributed by atoms with Gasteiger partial charge < -0.3 is 4.74 Å². The molecule has 0 spiro atoms. The molecule has 2 atom stereocenters. The van der Waals surface area contributed by atoms with E-state index in [9.17, 15) is 9.59 Å². The Morgan fingerprint density at radius 3 is 2.52 bits per heavy atom. The van der Waals surface area contributed by atoms with Crippen molar-refractivity contribution in [2.45, 2.75) is 25.2 Å². The van der Waals surface area contributed by atoms with Gasteiger partial charge in [-0.2, -0.15) is 0 Å². The van der Waals surface area contributed by atoms with E-state index in [1.165, 1.54) is 0 Å². The van der Waals surface area contributed by atoms with Crippen LogP contribution in [0.2, 0.25) is 0 Å². The van der Waals surface area contributed by atoms with Crippen LogP contribution < -0.4 is 0 Å². The van der Waals surface area contributed by atoms with Crippen LogP contribution in [0.4, 0.5) is 4.79 Å². The molecule has 1 heterocycles. The summed E-state index contributed by atoms with van der Waals surface area (Å²) < 4.78 is 28.5. The zero-order valence-electron chi connectivity index (χ0n) is 15.5. The van der Waals surface area contributed by atoms with Crippen molar-refractivity contribution in [2.24, 2.45) is 0 Å². The minimum Gasteiger partial charge on any atom is -0.447 e. The van der Waals surface area contributed by atoms with Gasteiger partial charge in [-0.3, -0.25) is 4.79 Å². The highest BCUT2D eigenvalue weighted by Crippen LogP contribution is 2.24. The SMILES string of the molecule is [2H]C([2H])([2H])[C@@H](C(=O)N1C(=O)OC[C@H]1Cc1ccccc1)c1ccccc1. The Kier molecular flexibility index (Phi) is 3.44. The van der Waals surface area contributed by atoms with Crippen molar-refractivity contribution in [1.29, 1.82) is 0 Å². The third kappa shape index (κ3) is 3.26. The molecule has 2 amide bonds. The first-order valence-electron chi connectivity index (χ1n) is 8.96. The minimum absolute atomic E-state index is 0.0575. The number of hydrogen-bond donors (Lipinski definition) is 0. The van der Waals surface area contributed by atoms with Crippen LogP contribution in [0.15, 0.2) is 60.7 Å². The zero-order valence-corrected chi connectivity index (χ0v) is 12.5. The normalized spacial score (nSPS) is 21.0. The molecule has 118 valence electrons. The Balaban J connectivity index is 1.90. The van der Waals surface area contributed by atoms with E-state index in [1.54, 1.807) is 30.3 Å². The molecule has 0 aliphatic carbocycles. The Hall–Kier alpha value is -2.62. The van der Waals surface area contributed by atoms with Crippen LogP contribution in [-0.2, 0) is 16.0 Å². The van der Waals surface area contributed by atoms with Gasteiger partial charge in [0.1, 0.15) is 6.61 Å². The van der Waals surface area contributed by atoms with Crippen LogP contribution in [0.3, 0.4) is 0 Å². The highest BCUT2D eigenvalue weighted by molar-refractivity contribution is 5.97. The molecule has 1 aliphatic rings. The molecule has 0 N–H and O–H groups in total. The fourth-order valence-electron chi connectivity index (χ4n) is 2.69. The van der Waals surface area contributed by atoms with Crippen LogP contribution >= 0.6 is 0 Å². The van der Waals surface area contributed by atoms with Gasteiger partial charge in [0.2, 0.25) is 5.91 Å². The molecular formula is C19H19NO3. The predicted octanol–water partition coefficient (Wildman–Crippen LogP) is 3.38. The smallest absolute Gasteiger partial charge is 0.417 e. The Bertz CT molecular complexity index is 778. The second-order valence-electron chi connectivity index (χ2n) is 5.47. The molecule has 0 saturated carbocycles. The van der Waals surface area contributed by atoms with Crippen molar-refractivity contribution in [3.05, 3.63) is 71.8 Å². The van der Waals surface area contributed by atoms with Gasteiger partial charge in [0.15, 0.2) is 0 Å². The molecule has 1 fully saturated rings. The maximum Gasteiger partial charge on any atom is 0.417 e. The number of nitrogens with zero attached hydrogens (tertiary/aromatic N) is 1. The van der Waals surface area contributed by atoms with Crippen LogP contribution in [0, 0.1) is 0 Å². The summed E-state index contributed by atoms with van der Waals surface area (Å²) >= 11 is 0. The lowest BCUT2D eigenvalue weighted by Crippen LogP contribution is -2.42. The van der Waals surface area contributed by atoms with Crippen molar-refractivity contribution in [3.8, 4) is 0 Å². The molecule has 4 heteroatoms. The molecule has 3 rings (SSSR count). The molecule has 1 aliphatic heterocycles. The topological polar surface area (TPSA) is 46.6 Å². The maximum absolute atomic E-state index is 13.1. The van der Waals surface area contributed by atoms with E-state index in [2.05, 4.69) is 0 Å². The largest absolute Gasteiger partial charge is 0.447 e. The lowest BCUT2D eigenvalue weighted by molar-refractivity contribution is -0.130. The Morgan fingerprint density at radius 1 is 1.22 bits per heavy atom. The van der Waals surface area contributed by atoms with Crippen molar-refractivity contribution < 1.29 is 18.4 Å². The van der Waals surface area contributed by atoms with Crippen molar-refractivity contribution in [1.82, 2.24) is 4.90 Å². The van der Waals surface area contributed by atoms with E-state index >= 15 is 0 Å². The lowest BCUT2D eigenvalue weighted by atomic mass is 9.98. The van der Waals surface area contributed by atoms with E-state index in [0.717, 1.165) is 10.5 Å². The van der Waals surface area contributed by atoms with E-state index in [1.807, 2.05) is 30.3 Å². The summed E-state index contributed by atoms with van der Waals surface area (Å²) in [5.41, 5.74) is 1.30.